The van der Waals surface area contributed by atoms with E-state index >= 15 is 0 Å². The summed E-state index contributed by atoms with van der Waals surface area (Å²) in [5.74, 6) is -1.27. The van der Waals surface area contributed by atoms with Crippen LogP contribution in [-0.2, 0) is 11.4 Å². The highest BCUT2D eigenvalue weighted by Crippen LogP contribution is 2.40. The number of hydrogen-bond acceptors (Lipinski definition) is 7. The molecular weight excluding hydrogens is 588 g/mol. The van der Waals surface area contributed by atoms with Crippen LogP contribution in [0.2, 0.25) is 0 Å². The average molecular weight is 611 g/mol. The summed E-state index contributed by atoms with van der Waals surface area (Å²) < 4.78 is 12.4. The van der Waals surface area contributed by atoms with Gasteiger partial charge in [0, 0.05) is 7.05 Å². The fourth-order valence-electron chi connectivity index (χ4n) is 3.57. The van der Waals surface area contributed by atoms with Crippen LogP contribution in [0.15, 0.2) is 75.0 Å². The highest BCUT2D eigenvalue weighted by atomic mass is 79.9. The number of amidine groups is 1. The Hall–Kier alpha value is -4.09. The number of benzene rings is 3. The Morgan fingerprint density at radius 3 is 2.21 bits per heavy atom. The normalized spacial score (nSPS) is 15.2. The van der Waals surface area contributed by atoms with E-state index in [2.05, 4.69) is 20.9 Å². The molecule has 39 heavy (non-hydrogen) atoms. The summed E-state index contributed by atoms with van der Waals surface area (Å²) in [7, 11) is 1.63. The molecule has 1 fully saturated rings. The zero-order valence-corrected chi connectivity index (χ0v) is 23.3. The maximum atomic E-state index is 12.9. The first-order valence-corrected chi connectivity index (χ1v) is 13.3. The van der Waals surface area contributed by atoms with Crippen LogP contribution in [0.1, 0.15) is 38.8 Å². The number of thioether (sulfide) groups is 1. The molecule has 0 saturated carbocycles. The third kappa shape index (κ3) is 6.68. The highest BCUT2D eigenvalue weighted by molar-refractivity contribution is 9.10. The van der Waals surface area contributed by atoms with Gasteiger partial charge in [-0.2, -0.15) is 0 Å². The van der Waals surface area contributed by atoms with E-state index in [0.717, 1.165) is 5.56 Å². The summed E-state index contributed by atoms with van der Waals surface area (Å²) in [5, 5.41) is 18.6. The molecule has 0 aromatic heterocycles. The molecule has 0 bridgehead atoms. The molecule has 1 amide bonds. The van der Waals surface area contributed by atoms with E-state index in [1.54, 1.807) is 43.5 Å². The summed E-state index contributed by atoms with van der Waals surface area (Å²) in [5.41, 5.74) is 2.38. The molecule has 0 atom stereocenters. The lowest BCUT2D eigenvalue weighted by atomic mass is 10.1. The van der Waals surface area contributed by atoms with Crippen LogP contribution in [0.3, 0.4) is 0 Å². The van der Waals surface area contributed by atoms with E-state index < -0.39 is 11.9 Å². The Bertz CT molecular complexity index is 1480. The molecule has 3 aromatic rings. The fraction of sp³-hybridized carbons (Fsp3) is 0.143. The number of carbonyl (C=O) groups is 3. The molecule has 11 heteroatoms. The van der Waals surface area contributed by atoms with Crippen molar-refractivity contribution in [3.8, 4) is 11.5 Å². The molecule has 1 aliphatic heterocycles. The molecule has 3 aromatic carbocycles. The number of rotatable bonds is 9. The quantitative estimate of drug-likeness (QED) is 0.280. The van der Waals surface area contributed by atoms with E-state index in [4.69, 9.17) is 19.7 Å². The van der Waals surface area contributed by atoms with E-state index in [0.29, 0.717) is 43.9 Å². The summed E-state index contributed by atoms with van der Waals surface area (Å²) >= 11 is 4.75. The standard InChI is InChI=1S/C28H23BrN2O7S/c1-3-37-22-13-17(12-21(29)24(22)38-15-16-4-6-18(7-5-16)26(33)34)14-23-25(32)31(2)28(39-23)30-20-10-8-19(9-11-20)27(35)36/h4-14H,3,15H2,1-2H3,(H,33,34)(H,35,36)/b23-14-,30-28?. The Balaban J connectivity index is 1.55. The second kappa shape index (κ2) is 12.2. The van der Waals surface area contributed by atoms with Crippen molar-refractivity contribution in [1.29, 1.82) is 0 Å². The van der Waals surface area contributed by atoms with Gasteiger partial charge in [0.05, 0.1) is 32.8 Å². The van der Waals surface area contributed by atoms with Crippen molar-refractivity contribution < 1.29 is 34.1 Å². The lowest BCUT2D eigenvalue weighted by molar-refractivity contribution is -0.121. The third-order valence-electron chi connectivity index (χ3n) is 5.56. The van der Waals surface area contributed by atoms with Gasteiger partial charge >= 0.3 is 11.9 Å². The maximum absolute atomic E-state index is 12.9. The number of hydrogen-bond donors (Lipinski definition) is 2. The summed E-state index contributed by atoms with van der Waals surface area (Å²) in [6.45, 7) is 2.44. The average Bonchev–Trinajstić information content (AvgIpc) is 3.16. The number of nitrogens with zero attached hydrogens (tertiary/aromatic N) is 2. The van der Waals surface area contributed by atoms with Crippen molar-refractivity contribution >= 4 is 62.5 Å². The molecule has 9 nitrogen and oxygen atoms in total. The minimum absolute atomic E-state index is 0.155. The number of carbonyl (C=O) groups excluding carboxylic acids is 1. The Morgan fingerprint density at radius 1 is 1.00 bits per heavy atom. The Kier molecular flexibility index (Phi) is 8.72. The van der Waals surface area contributed by atoms with Crippen molar-refractivity contribution in [1.82, 2.24) is 4.90 Å². The number of aromatic carboxylic acids is 2. The molecule has 0 aliphatic carbocycles. The lowest BCUT2D eigenvalue weighted by Crippen LogP contribution is -2.23. The van der Waals surface area contributed by atoms with Crippen molar-refractivity contribution in [2.24, 2.45) is 4.99 Å². The number of amides is 1. The molecule has 0 radical (unpaired) electrons. The van der Waals surface area contributed by atoms with Gasteiger partial charge in [-0.1, -0.05) is 12.1 Å². The van der Waals surface area contributed by atoms with E-state index in [1.807, 2.05) is 13.0 Å². The van der Waals surface area contributed by atoms with Gasteiger partial charge in [0.1, 0.15) is 6.61 Å². The van der Waals surface area contributed by atoms with Gasteiger partial charge in [-0.05, 0) is 100 Å². The molecule has 1 aliphatic rings. The smallest absolute Gasteiger partial charge is 0.335 e. The van der Waals surface area contributed by atoms with Crippen molar-refractivity contribution in [3.05, 3.63) is 92.3 Å². The van der Waals surface area contributed by atoms with E-state index in [-0.39, 0.29) is 23.6 Å². The van der Waals surface area contributed by atoms with Crippen LogP contribution in [-0.4, -0.2) is 51.8 Å². The van der Waals surface area contributed by atoms with Crippen molar-refractivity contribution in [2.75, 3.05) is 13.7 Å². The molecule has 1 saturated heterocycles. The first-order valence-electron chi connectivity index (χ1n) is 11.7. The zero-order valence-electron chi connectivity index (χ0n) is 20.9. The highest BCUT2D eigenvalue weighted by Gasteiger charge is 2.30. The summed E-state index contributed by atoms with van der Waals surface area (Å²) in [4.78, 5) is 41.4. The minimum Gasteiger partial charge on any atom is -0.490 e. The molecule has 4 rings (SSSR count). The third-order valence-corrected chi connectivity index (χ3v) is 7.21. The van der Waals surface area contributed by atoms with Gasteiger partial charge in [0.25, 0.3) is 5.91 Å². The van der Waals surface area contributed by atoms with Crippen LogP contribution < -0.4 is 9.47 Å². The van der Waals surface area contributed by atoms with Crippen LogP contribution in [0, 0.1) is 0 Å². The van der Waals surface area contributed by atoms with Gasteiger partial charge in [0.15, 0.2) is 16.7 Å². The van der Waals surface area contributed by atoms with Crippen LogP contribution in [0.5, 0.6) is 11.5 Å². The SMILES string of the molecule is CCOc1cc(/C=C2\SC(=Nc3ccc(C(=O)O)cc3)N(C)C2=O)cc(Br)c1OCc1ccc(C(=O)O)cc1. The van der Waals surface area contributed by atoms with Gasteiger partial charge in [0.2, 0.25) is 0 Å². The number of carboxylic acids is 2. The van der Waals surface area contributed by atoms with Crippen LogP contribution in [0.25, 0.3) is 6.08 Å². The summed E-state index contributed by atoms with van der Waals surface area (Å²) in [6, 6.07) is 16.1. The number of likely N-dealkylation sites (N-methyl/N-ethyl adjacent to an activating group) is 1. The predicted octanol–water partition coefficient (Wildman–Crippen LogP) is 6.06. The second-order valence-corrected chi connectivity index (χ2v) is 10.1. The first-order chi connectivity index (χ1) is 18.7. The monoisotopic (exact) mass is 610 g/mol. The van der Waals surface area contributed by atoms with Gasteiger partial charge in [-0.3, -0.25) is 9.69 Å². The Labute approximate surface area is 236 Å². The van der Waals surface area contributed by atoms with Gasteiger partial charge in [-0.15, -0.1) is 0 Å². The largest absolute Gasteiger partial charge is 0.490 e. The number of carboxylic acid groups (broad SMARTS) is 2. The summed E-state index contributed by atoms with van der Waals surface area (Å²) in [6.07, 6.45) is 1.74. The zero-order chi connectivity index (χ0) is 28.1. The molecule has 0 unspecified atom stereocenters. The van der Waals surface area contributed by atoms with Crippen molar-refractivity contribution in [3.63, 3.8) is 0 Å². The van der Waals surface area contributed by atoms with Crippen molar-refractivity contribution in [2.45, 2.75) is 13.5 Å². The number of halogens is 1. The second-order valence-electron chi connectivity index (χ2n) is 8.27. The topological polar surface area (TPSA) is 126 Å². The molecular formula is C28H23BrN2O7S. The molecule has 1 heterocycles. The van der Waals surface area contributed by atoms with E-state index in [1.165, 1.54) is 40.9 Å². The molecule has 0 spiro atoms. The van der Waals surface area contributed by atoms with Gasteiger partial charge < -0.3 is 19.7 Å². The molecule has 200 valence electrons. The number of ether oxygens (including phenoxy) is 2. The number of aliphatic imine (C=N–C) groups is 1. The first kappa shape index (κ1) is 27.9. The minimum atomic E-state index is -1.02. The lowest BCUT2D eigenvalue weighted by Gasteiger charge is -2.15. The van der Waals surface area contributed by atoms with Gasteiger partial charge in [-0.25, -0.2) is 14.6 Å². The fourth-order valence-corrected chi connectivity index (χ4v) is 5.13. The predicted molar refractivity (Wildman–Crippen MR) is 152 cm³/mol. The Morgan fingerprint density at radius 2 is 1.62 bits per heavy atom. The maximum Gasteiger partial charge on any atom is 0.335 e. The van der Waals surface area contributed by atoms with Crippen LogP contribution in [0.4, 0.5) is 5.69 Å². The van der Waals surface area contributed by atoms with E-state index in [9.17, 15) is 14.4 Å². The molecule has 2 N–H and O–H groups in total. The van der Waals surface area contributed by atoms with Crippen LogP contribution >= 0.6 is 27.7 Å².